The predicted molar refractivity (Wildman–Crippen MR) is 132 cm³/mol. The van der Waals surface area contributed by atoms with Gasteiger partial charge in [-0.05, 0) is 56.0 Å². The van der Waals surface area contributed by atoms with E-state index in [0.717, 1.165) is 42.6 Å². The van der Waals surface area contributed by atoms with Gasteiger partial charge in [-0.3, -0.25) is 4.79 Å². The molecule has 2 fully saturated rings. The van der Waals surface area contributed by atoms with Gasteiger partial charge in [-0.15, -0.1) is 0 Å². The average molecular weight is 466 g/mol. The van der Waals surface area contributed by atoms with E-state index in [1.54, 1.807) is 26.4 Å². The van der Waals surface area contributed by atoms with Crippen molar-refractivity contribution in [2.24, 2.45) is 5.92 Å². The summed E-state index contributed by atoms with van der Waals surface area (Å²) in [7, 11) is 3.19. The molecule has 2 unspecified atom stereocenters. The van der Waals surface area contributed by atoms with Gasteiger partial charge in [-0.1, -0.05) is 37.1 Å². The first-order valence-electron chi connectivity index (χ1n) is 12.2. The number of carbonyl (C=O) groups is 1. The van der Waals surface area contributed by atoms with Crippen molar-refractivity contribution < 1.29 is 24.1 Å². The van der Waals surface area contributed by atoms with Gasteiger partial charge in [0.25, 0.3) is 0 Å². The van der Waals surface area contributed by atoms with Crippen molar-refractivity contribution in [2.75, 3.05) is 27.4 Å². The zero-order valence-electron chi connectivity index (χ0n) is 20.3. The van der Waals surface area contributed by atoms with Crippen molar-refractivity contribution in [2.45, 2.75) is 50.7 Å². The van der Waals surface area contributed by atoms with Crippen LogP contribution in [0.1, 0.15) is 56.2 Å². The SMILES string of the molecule is CCOc1ccccc1[C@H]1C2CCCCC2(O)CCN1C(=O)C=Cc1ccc(OC)c(OC)c1. The fourth-order valence-electron chi connectivity index (χ4n) is 5.55. The Hall–Kier alpha value is -2.99. The first-order chi connectivity index (χ1) is 16.5. The Bertz CT molecular complexity index is 1040. The third kappa shape index (κ3) is 4.78. The van der Waals surface area contributed by atoms with Crippen LogP contribution in [0.2, 0.25) is 0 Å². The smallest absolute Gasteiger partial charge is 0.247 e. The lowest BCUT2D eigenvalue weighted by molar-refractivity contribution is -0.151. The molecule has 6 nitrogen and oxygen atoms in total. The Kier molecular flexibility index (Phi) is 7.47. The monoisotopic (exact) mass is 465 g/mol. The lowest BCUT2D eigenvalue weighted by atomic mass is 9.66. The van der Waals surface area contributed by atoms with Crippen LogP contribution in [-0.2, 0) is 4.79 Å². The van der Waals surface area contributed by atoms with Gasteiger partial charge < -0.3 is 24.2 Å². The number of nitrogens with zero attached hydrogens (tertiary/aromatic N) is 1. The topological polar surface area (TPSA) is 68.2 Å². The quantitative estimate of drug-likeness (QED) is 0.582. The number of likely N-dealkylation sites (tertiary alicyclic amines) is 1. The van der Waals surface area contributed by atoms with Crippen LogP contribution in [0.4, 0.5) is 0 Å². The maximum atomic E-state index is 13.5. The summed E-state index contributed by atoms with van der Waals surface area (Å²) >= 11 is 0. The van der Waals surface area contributed by atoms with E-state index >= 15 is 0 Å². The van der Waals surface area contributed by atoms with Crippen molar-refractivity contribution in [1.82, 2.24) is 4.90 Å². The highest BCUT2D eigenvalue weighted by molar-refractivity contribution is 5.92. The van der Waals surface area contributed by atoms with Gasteiger partial charge >= 0.3 is 0 Å². The molecule has 6 heteroatoms. The average Bonchev–Trinajstić information content (AvgIpc) is 2.86. The first kappa shape index (κ1) is 24.1. The summed E-state index contributed by atoms with van der Waals surface area (Å²) in [6, 6.07) is 13.3. The van der Waals surface area contributed by atoms with Crippen molar-refractivity contribution in [3.05, 3.63) is 59.7 Å². The highest BCUT2D eigenvalue weighted by atomic mass is 16.5. The number of hydrogen-bond acceptors (Lipinski definition) is 5. The van der Waals surface area contributed by atoms with Crippen LogP contribution in [0.3, 0.4) is 0 Å². The fraction of sp³-hybridized carbons (Fsp3) is 0.464. The highest BCUT2D eigenvalue weighted by Crippen LogP contribution is 2.50. The summed E-state index contributed by atoms with van der Waals surface area (Å²) < 4.78 is 16.6. The van der Waals surface area contributed by atoms with E-state index < -0.39 is 5.60 Å². The molecule has 0 aromatic heterocycles. The molecule has 2 aliphatic rings. The first-order valence-corrected chi connectivity index (χ1v) is 12.2. The van der Waals surface area contributed by atoms with Gasteiger partial charge in [0.2, 0.25) is 5.91 Å². The number of carbonyl (C=O) groups excluding carboxylic acids is 1. The number of amides is 1. The molecule has 4 rings (SSSR count). The van der Waals surface area contributed by atoms with Crippen LogP contribution in [0.5, 0.6) is 17.2 Å². The summed E-state index contributed by atoms with van der Waals surface area (Å²) in [6.45, 7) is 3.02. The molecule has 1 aliphatic carbocycles. The number of piperidine rings is 1. The number of methoxy groups -OCH3 is 2. The Balaban J connectivity index is 1.66. The lowest BCUT2D eigenvalue weighted by Crippen LogP contribution is -2.56. The molecule has 1 saturated carbocycles. The number of hydrogen-bond donors (Lipinski definition) is 1. The summed E-state index contributed by atoms with van der Waals surface area (Å²) in [5.41, 5.74) is 1.08. The van der Waals surface area contributed by atoms with Gasteiger partial charge in [-0.25, -0.2) is 0 Å². The zero-order chi connectivity index (χ0) is 24.1. The van der Waals surface area contributed by atoms with Crippen LogP contribution in [0.25, 0.3) is 6.08 Å². The lowest BCUT2D eigenvalue weighted by Gasteiger charge is -2.52. The molecule has 0 radical (unpaired) electrons. The Morgan fingerprint density at radius 2 is 1.88 bits per heavy atom. The van der Waals surface area contributed by atoms with Gasteiger partial charge in [-0.2, -0.15) is 0 Å². The molecule has 1 N–H and O–H groups in total. The maximum absolute atomic E-state index is 13.5. The second-order valence-electron chi connectivity index (χ2n) is 9.10. The number of ether oxygens (including phenoxy) is 3. The van der Waals surface area contributed by atoms with E-state index in [4.69, 9.17) is 14.2 Å². The minimum absolute atomic E-state index is 0.0185. The second-order valence-corrected chi connectivity index (χ2v) is 9.10. The Morgan fingerprint density at radius 3 is 2.65 bits per heavy atom. The third-order valence-corrected chi connectivity index (χ3v) is 7.21. The normalized spacial score (nSPS) is 24.5. The maximum Gasteiger partial charge on any atom is 0.247 e. The molecule has 2 aromatic carbocycles. The molecule has 0 bridgehead atoms. The minimum atomic E-state index is -0.744. The summed E-state index contributed by atoms with van der Waals surface area (Å²) in [5, 5.41) is 11.5. The number of benzene rings is 2. The molecule has 0 spiro atoms. The van der Waals surface area contributed by atoms with Crippen molar-refractivity contribution in [1.29, 1.82) is 0 Å². The van der Waals surface area contributed by atoms with Crippen LogP contribution in [0, 0.1) is 5.92 Å². The summed E-state index contributed by atoms with van der Waals surface area (Å²) in [4.78, 5) is 15.5. The van der Waals surface area contributed by atoms with Gasteiger partial charge in [0.15, 0.2) is 11.5 Å². The Morgan fingerprint density at radius 1 is 1.09 bits per heavy atom. The molecular weight excluding hydrogens is 430 g/mol. The van der Waals surface area contributed by atoms with Crippen molar-refractivity contribution in [3.63, 3.8) is 0 Å². The van der Waals surface area contributed by atoms with Crippen LogP contribution >= 0.6 is 0 Å². The molecular formula is C28H35NO5. The van der Waals surface area contributed by atoms with Gasteiger partial charge in [0.05, 0.1) is 32.5 Å². The zero-order valence-corrected chi connectivity index (χ0v) is 20.3. The third-order valence-electron chi connectivity index (χ3n) is 7.21. The summed E-state index contributed by atoms with van der Waals surface area (Å²) in [6.07, 6.45) is 7.78. The van der Waals surface area contributed by atoms with E-state index in [1.165, 1.54) is 0 Å². The standard InChI is InChI=1S/C28H35NO5/c1-4-34-23-11-6-5-9-21(23)27-22-10-7-8-16-28(22,31)17-18-29(27)26(30)15-13-20-12-14-24(32-2)25(19-20)33-3/h5-6,9,11-15,19,22,27,31H,4,7-8,10,16-18H2,1-3H3/t22?,27-,28?/m0/s1. The molecule has 2 aromatic rings. The molecule has 1 saturated heterocycles. The van der Waals surface area contributed by atoms with E-state index in [9.17, 15) is 9.90 Å². The number of para-hydroxylation sites is 1. The predicted octanol–water partition coefficient (Wildman–Crippen LogP) is 5.01. The molecule has 1 aliphatic heterocycles. The Labute approximate surface area is 202 Å². The van der Waals surface area contributed by atoms with E-state index in [0.29, 0.717) is 31.1 Å². The highest BCUT2D eigenvalue weighted by Gasteiger charge is 2.50. The molecule has 182 valence electrons. The molecule has 34 heavy (non-hydrogen) atoms. The van der Waals surface area contributed by atoms with Crippen LogP contribution < -0.4 is 14.2 Å². The molecule has 1 heterocycles. The van der Waals surface area contributed by atoms with E-state index in [1.807, 2.05) is 54.3 Å². The second kappa shape index (κ2) is 10.5. The fourth-order valence-corrected chi connectivity index (χ4v) is 5.55. The summed E-state index contributed by atoms with van der Waals surface area (Å²) in [5.74, 6) is 1.96. The van der Waals surface area contributed by atoms with E-state index in [2.05, 4.69) is 0 Å². The van der Waals surface area contributed by atoms with Crippen LogP contribution in [0.15, 0.2) is 48.5 Å². The van der Waals surface area contributed by atoms with Gasteiger partial charge in [0, 0.05) is 24.1 Å². The largest absolute Gasteiger partial charge is 0.494 e. The van der Waals surface area contributed by atoms with Crippen LogP contribution in [-0.4, -0.2) is 48.9 Å². The molecule has 1 amide bonds. The van der Waals surface area contributed by atoms with E-state index in [-0.39, 0.29) is 17.9 Å². The molecule has 3 atom stereocenters. The number of aliphatic hydroxyl groups is 1. The van der Waals surface area contributed by atoms with Crippen molar-refractivity contribution >= 4 is 12.0 Å². The van der Waals surface area contributed by atoms with Gasteiger partial charge in [0.1, 0.15) is 5.75 Å². The van der Waals surface area contributed by atoms with Crippen molar-refractivity contribution in [3.8, 4) is 17.2 Å². The number of fused-ring (bicyclic) bond motifs is 1. The minimum Gasteiger partial charge on any atom is -0.494 e. The number of rotatable bonds is 7.